The second-order valence-corrected chi connectivity index (χ2v) is 15.1. The fourth-order valence-electron chi connectivity index (χ4n) is 6.50. The quantitative estimate of drug-likeness (QED) is 0.0331. The van der Waals surface area contributed by atoms with Gasteiger partial charge in [0.15, 0.2) is 0 Å². The summed E-state index contributed by atoms with van der Waals surface area (Å²) >= 11 is 0. The van der Waals surface area contributed by atoms with Crippen molar-refractivity contribution in [1.29, 1.82) is 0 Å². The van der Waals surface area contributed by atoms with Crippen LogP contribution in [-0.2, 0) is 14.3 Å². The molecule has 0 fully saturated rings. The van der Waals surface area contributed by atoms with Gasteiger partial charge in [0.1, 0.15) is 6.10 Å². The van der Waals surface area contributed by atoms with Gasteiger partial charge in [-0.15, -0.1) is 0 Å². The Hall–Kier alpha value is -2.18. The molecule has 0 heterocycles. The molecule has 0 aliphatic heterocycles. The SMILES string of the molecule is CC/C=C/C/C=C/C/C=C/CCCCC(CC(=O)NC(CO)C(O)CCCCCCCCCCCCCC)OC(=O)CCCCCCC/C=C\CCC. The first-order chi connectivity index (χ1) is 26.0. The first-order valence-electron chi connectivity index (χ1n) is 22.4. The first-order valence-corrected chi connectivity index (χ1v) is 22.4. The summed E-state index contributed by atoms with van der Waals surface area (Å²) in [6, 6.07) is -0.712. The van der Waals surface area contributed by atoms with Crippen LogP contribution >= 0.6 is 0 Å². The monoisotopic (exact) mass is 744 g/mol. The molecule has 0 aliphatic rings. The average Bonchev–Trinajstić information content (AvgIpc) is 3.15. The Bertz CT molecular complexity index is 926. The van der Waals surface area contributed by atoms with Crippen LogP contribution in [0.15, 0.2) is 48.6 Å². The van der Waals surface area contributed by atoms with Gasteiger partial charge in [0.05, 0.1) is 25.2 Å². The number of carbonyl (C=O) groups is 2. The molecular formula is C47H85NO5. The van der Waals surface area contributed by atoms with Crippen LogP contribution in [0.25, 0.3) is 0 Å². The van der Waals surface area contributed by atoms with Gasteiger partial charge in [-0.25, -0.2) is 0 Å². The summed E-state index contributed by atoms with van der Waals surface area (Å²) in [6.07, 6.45) is 47.4. The molecule has 0 aromatic carbocycles. The lowest BCUT2D eigenvalue weighted by Gasteiger charge is -2.24. The number of carbonyl (C=O) groups excluding carboxylic acids is 2. The van der Waals surface area contributed by atoms with Gasteiger partial charge in [-0.05, 0) is 77.0 Å². The van der Waals surface area contributed by atoms with E-state index in [9.17, 15) is 19.8 Å². The van der Waals surface area contributed by atoms with Gasteiger partial charge in [0, 0.05) is 6.42 Å². The zero-order chi connectivity index (χ0) is 38.9. The van der Waals surface area contributed by atoms with E-state index < -0.39 is 18.2 Å². The highest BCUT2D eigenvalue weighted by atomic mass is 16.5. The van der Waals surface area contributed by atoms with Crippen LogP contribution in [0, 0.1) is 0 Å². The van der Waals surface area contributed by atoms with E-state index in [0.29, 0.717) is 19.3 Å². The van der Waals surface area contributed by atoms with E-state index in [4.69, 9.17) is 4.74 Å². The molecule has 53 heavy (non-hydrogen) atoms. The Morgan fingerprint density at radius 2 is 1.06 bits per heavy atom. The smallest absolute Gasteiger partial charge is 0.306 e. The van der Waals surface area contributed by atoms with Crippen molar-refractivity contribution in [3.63, 3.8) is 0 Å². The molecule has 3 N–H and O–H groups in total. The minimum Gasteiger partial charge on any atom is -0.462 e. The number of rotatable bonds is 39. The molecule has 3 atom stereocenters. The third-order valence-corrected chi connectivity index (χ3v) is 9.87. The van der Waals surface area contributed by atoms with Crippen LogP contribution in [0.2, 0.25) is 0 Å². The van der Waals surface area contributed by atoms with Crippen molar-refractivity contribution in [2.75, 3.05) is 6.61 Å². The van der Waals surface area contributed by atoms with Gasteiger partial charge in [-0.1, -0.05) is 172 Å². The van der Waals surface area contributed by atoms with E-state index in [-0.39, 0.29) is 24.9 Å². The van der Waals surface area contributed by atoms with Gasteiger partial charge >= 0.3 is 5.97 Å². The summed E-state index contributed by atoms with van der Waals surface area (Å²) in [6.45, 7) is 6.27. The number of amides is 1. The van der Waals surface area contributed by atoms with E-state index in [2.05, 4.69) is 74.7 Å². The second kappa shape index (κ2) is 41.0. The molecule has 0 saturated carbocycles. The summed E-state index contributed by atoms with van der Waals surface area (Å²) in [5.74, 6) is -0.527. The Labute approximate surface area is 327 Å². The number of esters is 1. The van der Waals surface area contributed by atoms with Crippen LogP contribution in [0.1, 0.15) is 213 Å². The van der Waals surface area contributed by atoms with Crippen molar-refractivity contribution >= 4 is 11.9 Å². The molecule has 6 nitrogen and oxygen atoms in total. The molecule has 0 spiro atoms. The highest BCUT2D eigenvalue weighted by Gasteiger charge is 2.24. The second-order valence-electron chi connectivity index (χ2n) is 15.1. The van der Waals surface area contributed by atoms with Crippen LogP contribution in [-0.4, -0.2) is 46.9 Å². The highest BCUT2D eigenvalue weighted by Crippen LogP contribution is 2.17. The number of hydrogen-bond acceptors (Lipinski definition) is 5. The summed E-state index contributed by atoms with van der Waals surface area (Å²) in [5, 5.41) is 23.6. The molecule has 0 rings (SSSR count). The van der Waals surface area contributed by atoms with Crippen molar-refractivity contribution in [3.8, 4) is 0 Å². The normalized spacial score (nSPS) is 13.8. The third-order valence-electron chi connectivity index (χ3n) is 9.87. The first kappa shape index (κ1) is 50.8. The summed E-state index contributed by atoms with van der Waals surface area (Å²) in [7, 11) is 0. The molecule has 0 aliphatic carbocycles. The van der Waals surface area contributed by atoms with Gasteiger partial charge in [-0.3, -0.25) is 9.59 Å². The van der Waals surface area contributed by atoms with E-state index >= 15 is 0 Å². The molecule has 6 heteroatoms. The third kappa shape index (κ3) is 36.6. The van der Waals surface area contributed by atoms with Gasteiger partial charge < -0.3 is 20.3 Å². The molecule has 0 saturated heterocycles. The molecule has 0 aromatic rings. The number of ether oxygens (including phenoxy) is 1. The molecular weight excluding hydrogens is 659 g/mol. The Morgan fingerprint density at radius 3 is 1.66 bits per heavy atom. The minimum atomic E-state index is -0.796. The summed E-state index contributed by atoms with van der Waals surface area (Å²) in [5.41, 5.74) is 0. The minimum absolute atomic E-state index is 0.0478. The standard InChI is InChI=1S/C47H85NO5/c1-4-7-10-13-16-19-22-24-26-29-32-35-38-43(53-47(52)40-37-34-31-28-21-18-15-12-9-6-3)41-46(51)48-44(42-49)45(50)39-36-33-30-27-25-23-20-17-14-11-8-5-2/h7,10,12,15-16,19,24,26,43-45,49-50H,4-6,8-9,11,13-14,17-18,20-23,25,27-42H2,1-3H3,(H,48,51)/b10-7+,15-12-,19-16+,26-24+. The van der Waals surface area contributed by atoms with Crippen molar-refractivity contribution in [2.45, 2.75) is 232 Å². The van der Waals surface area contributed by atoms with Gasteiger partial charge in [-0.2, -0.15) is 0 Å². The van der Waals surface area contributed by atoms with Crippen LogP contribution in [0.5, 0.6) is 0 Å². The van der Waals surface area contributed by atoms with Crippen LogP contribution in [0.4, 0.5) is 0 Å². The number of unbranched alkanes of at least 4 members (excludes halogenated alkanes) is 19. The van der Waals surface area contributed by atoms with E-state index in [1.807, 2.05) is 0 Å². The summed E-state index contributed by atoms with van der Waals surface area (Å²) in [4.78, 5) is 25.9. The van der Waals surface area contributed by atoms with E-state index in [1.54, 1.807) is 0 Å². The Morgan fingerprint density at radius 1 is 0.566 bits per heavy atom. The molecule has 0 bridgehead atoms. The van der Waals surface area contributed by atoms with Crippen LogP contribution in [0.3, 0.4) is 0 Å². The summed E-state index contributed by atoms with van der Waals surface area (Å²) < 4.78 is 5.86. The van der Waals surface area contributed by atoms with Crippen molar-refractivity contribution in [2.24, 2.45) is 0 Å². The predicted octanol–water partition coefficient (Wildman–Crippen LogP) is 12.7. The van der Waals surface area contributed by atoms with E-state index in [0.717, 1.165) is 89.9 Å². The maximum absolute atomic E-state index is 13.1. The molecule has 308 valence electrons. The van der Waals surface area contributed by atoms with Crippen LogP contribution < -0.4 is 5.32 Å². The number of aliphatic hydroxyl groups excluding tert-OH is 2. The Balaban J connectivity index is 4.65. The molecule has 3 unspecified atom stereocenters. The number of aliphatic hydroxyl groups is 2. The zero-order valence-corrected chi connectivity index (χ0v) is 34.9. The lowest BCUT2D eigenvalue weighted by molar-refractivity contribution is -0.151. The van der Waals surface area contributed by atoms with Gasteiger partial charge in [0.2, 0.25) is 5.91 Å². The van der Waals surface area contributed by atoms with Crippen molar-refractivity contribution in [3.05, 3.63) is 48.6 Å². The maximum Gasteiger partial charge on any atom is 0.306 e. The molecule has 0 radical (unpaired) electrons. The Kier molecular flexibility index (Phi) is 39.3. The average molecular weight is 744 g/mol. The predicted molar refractivity (Wildman–Crippen MR) is 227 cm³/mol. The largest absolute Gasteiger partial charge is 0.462 e. The zero-order valence-electron chi connectivity index (χ0n) is 34.9. The topological polar surface area (TPSA) is 95.9 Å². The fraction of sp³-hybridized carbons (Fsp3) is 0.787. The highest BCUT2D eigenvalue weighted by molar-refractivity contribution is 5.77. The lowest BCUT2D eigenvalue weighted by Crippen LogP contribution is -2.46. The number of allylic oxidation sites excluding steroid dienone is 8. The molecule has 1 amide bonds. The number of hydrogen-bond donors (Lipinski definition) is 3. The van der Waals surface area contributed by atoms with E-state index in [1.165, 1.54) is 77.0 Å². The number of nitrogens with one attached hydrogen (secondary N) is 1. The fourth-order valence-corrected chi connectivity index (χ4v) is 6.50. The molecule has 0 aromatic heterocycles. The lowest BCUT2D eigenvalue weighted by atomic mass is 10.0. The van der Waals surface area contributed by atoms with Crippen molar-refractivity contribution < 1.29 is 24.5 Å². The maximum atomic E-state index is 13.1. The van der Waals surface area contributed by atoms with Gasteiger partial charge in [0.25, 0.3) is 0 Å². The van der Waals surface area contributed by atoms with Crippen molar-refractivity contribution in [1.82, 2.24) is 5.32 Å².